The second-order valence-electron chi connectivity index (χ2n) is 7.08. The normalized spacial score (nSPS) is 22.0. The van der Waals surface area contributed by atoms with E-state index in [4.69, 9.17) is 0 Å². The first-order chi connectivity index (χ1) is 10.7. The molecule has 1 aromatic heterocycles. The molecule has 2 aliphatic heterocycles. The maximum absolute atomic E-state index is 13.0. The van der Waals surface area contributed by atoms with Gasteiger partial charge >= 0.3 is 0 Å². The summed E-state index contributed by atoms with van der Waals surface area (Å²) in [7, 11) is 0. The van der Waals surface area contributed by atoms with Crippen LogP contribution in [0.15, 0.2) is 0 Å². The number of likely N-dealkylation sites (tertiary alicyclic amines) is 1. The van der Waals surface area contributed by atoms with Gasteiger partial charge in [0.2, 0.25) is 0 Å². The largest absolute Gasteiger partial charge is 0.334 e. The van der Waals surface area contributed by atoms with Crippen LogP contribution in [0.2, 0.25) is 0 Å². The molecule has 22 heavy (non-hydrogen) atoms. The number of nitrogens with one attached hydrogen (secondary N) is 2. The zero-order valence-electron chi connectivity index (χ0n) is 13.8. The van der Waals surface area contributed by atoms with Crippen molar-refractivity contribution in [3.63, 3.8) is 0 Å². The summed E-state index contributed by atoms with van der Waals surface area (Å²) < 4.78 is 0. The minimum Gasteiger partial charge on any atom is -0.334 e. The van der Waals surface area contributed by atoms with Gasteiger partial charge in [-0.3, -0.25) is 9.89 Å². The van der Waals surface area contributed by atoms with Gasteiger partial charge in [-0.05, 0) is 38.0 Å². The van der Waals surface area contributed by atoms with Crippen LogP contribution >= 0.6 is 0 Å². The van der Waals surface area contributed by atoms with E-state index in [-0.39, 0.29) is 5.91 Å². The standard InChI is InChI=1S/C17H28N4O/c1-12(2)6-7-13-5-3-4-10-21(13)17(22)16-14-11-18-9-8-15(14)19-20-16/h12-13,18H,3-11H2,1-2H3,(H,19,20). The maximum Gasteiger partial charge on any atom is 0.274 e. The van der Waals surface area contributed by atoms with Crippen LogP contribution in [0.5, 0.6) is 0 Å². The van der Waals surface area contributed by atoms with Crippen molar-refractivity contribution in [3.05, 3.63) is 17.0 Å². The Morgan fingerprint density at radius 3 is 3.09 bits per heavy atom. The van der Waals surface area contributed by atoms with Crippen molar-refractivity contribution in [1.82, 2.24) is 20.4 Å². The Balaban J connectivity index is 1.75. The predicted octanol–water partition coefficient (Wildman–Crippen LogP) is 2.49. The van der Waals surface area contributed by atoms with Crippen LogP contribution in [0, 0.1) is 5.92 Å². The summed E-state index contributed by atoms with van der Waals surface area (Å²) in [5.74, 6) is 0.830. The molecule has 1 unspecified atom stereocenters. The fourth-order valence-electron chi connectivity index (χ4n) is 3.63. The molecule has 122 valence electrons. The van der Waals surface area contributed by atoms with Crippen molar-refractivity contribution in [2.45, 2.75) is 65.0 Å². The lowest BCUT2D eigenvalue weighted by molar-refractivity contribution is 0.0586. The Morgan fingerprint density at radius 2 is 2.27 bits per heavy atom. The second-order valence-corrected chi connectivity index (χ2v) is 7.08. The van der Waals surface area contributed by atoms with Gasteiger partial charge in [0.15, 0.2) is 5.69 Å². The summed E-state index contributed by atoms with van der Waals surface area (Å²) in [6.07, 6.45) is 6.75. The first-order valence-electron chi connectivity index (χ1n) is 8.74. The number of carbonyl (C=O) groups is 1. The number of hydrogen-bond donors (Lipinski definition) is 2. The zero-order chi connectivity index (χ0) is 15.5. The SMILES string of the molecule is CC(C)CCC1CCCCN1C(=O)c1n[nH]c2c1CNCC2. The lowest BCUT2D eigenvalue weighted by Gasteiger charge is -2.36. The molecule has 1 atom stereocenters. The van der Waals surface area contributed by atoms with Crippen molar-refractivity contribution < 1.29 is 4.79 Å². The molecule has 3 rings (SSSR count). The van der Waals surface area contributed by atoms with Crippen molar-refractivity contribution >= 4 is 5.91 Å². The minimum atomic E-state index is 0.134. The van der Waals surface area contributed by atoms with Gasteiger partial charge in [0.25, 0.3) is 5.91 Å². The van der Waals surface area contributed by atoms with Crippen LogP contribution in [0.25, 0.3) is 0 Å². The van der Waals surface area contributed by atoms with Crippen LogP contribution in [-0.2, 0) is 13.0 Å². The van der Waals surface area contributed by atoms with Gasteiger partial charge in [0.1, 0.15) is 0 Å². The second kappa shape index (κ2) is 6.82. The molecule has 2 aliphatic rings. The van der Waals surface area contributed by atoms with E-state index in [1.165, 1.54) is 12.8 Å². The van der Waals surface area contributed by atoms with Gasteiger partial charge in [-0.2, -0.15) is 5.10 Å². The Bertz CT molecular complexity index is 523. The lowest BCUT2D eigenvalue weighted by Crippen LogP contribution is -2.44. The third-order valence-corrected chi connectivity index (χ3v) is 4.97. The summed E-state index contributed by atoms with van der Waals surface area (Å²) in [5.41, 5.74) is 2.88. The fraction of sp³-hybridized carbons (Fsp3) is 0.765. The zero-order valence-corrected chi connectivity index (χ0v) is 13.8. The molecule has 2 N–H and O–H groups in total. The fourth-order valence-corrected chi connectivity index (χ4v) is 3.63. The number of rotatable bonds is 4. The van der Waals surface area contributed by atoms with Crippen LogP contribution in [-0.4, -0.2) is 40.1 Å². The highest BCUT2D eigenvalue weighted by Gasteiger charge is 2.31. The van der Waals surface area contributed by atoms with E-state index < -0.39 is 0 Å². The molecule has 5 heteroatoms. The molecular weight excluding hydrogens is 276 g/mol. The number of H-pyrrole nitrogens is 1. The molecule has 5 nitrogen and oxygen atoms in total. The smallest absolute Gasteiger partial charge is 0.274 e. The van der Waals surface area contributed by atoms with Gasteiger partial charge in [-0.25, -0.2) is 0 Å². The summed E-state index contributed by atoms with van der Waals surface area (Å²) in [6.45, 7) is 7.12. The third-order valence-electron chi connectivity index (χ3n) is 4.97. The Morgan fingerprint density at radius 1 is 1.41 bits per heavy atom. The van der Waals surface area contributed by atoms with Gasteiger partial charge in [0.05, 0.1) is 0 Å². The molecule has 0 bridgehead atoms. The first-order valence-corrected chi connectivity index (χ1v) is 8.74. The highest BCUT2D eigenvalue weighted by atomic mass is 16.2. The number of carbonyl (C=O) groups excluding carboxylic acids is 1. The summed E-state index contributed by atoms with van der Waals surface area (Å²) in [5, 5.41) is 10.8. The summed E-state index contributed by atoms with van der Waals surface area (Å²) in [6, 6.07) is 0.396. The molecule has 1 aromatic rings. The number of fused-ring (bicyclic) bond motifs is 1. The number of hydrogen-bond acceptors (Lipinski definition) is 3. The monoisotopic (exact) mass is 304 g/mol. The third kappa shape index (κ3) is 3.19. The summed E-state index contributed by atoms with van der Waals surface area (Å²) >= 11 is 0. The van der Waals surface area contributed by atoms with E-state index in [1.807, 2.05) is 0 Å². The predicted molar refractivity (Wildman–Crippen MR) is 86.7 cm³/mol. The van der Waals surface area contributed by atoms with Crippen LogP contribution < -0.4 is 5.32 Å². The van der Waals surface area contributed by atoms with E-state index in [1.54, 1.807) is 0 Å². The molecule has 1 saturated heterocycles. The van der Waals surface area contributed by atoms with E-state index in [2.05, 4.69) is 34.3 Å². The van der Waals surface area contributed by atoms with E-state index in [9.17, 15) is 4.79 Å². The molecular formula is C17H28N4O. The number of amides is 1. The quantitative estimate of drug-likeness (QED) is 0.898. The molecule has 0 aromatic carbocycles. The molecule has 0 spiro atoms. The van der Waals surface area contributed by atoms with Crippen molar-refractivity contribution in [1.29, 1.82) is 0 Å². The molecule has 1 amide bonds. The van der Waals surface area contributed by atoms with Gasteiger partial charge in [0, 0.05) is 43.4 Å². The molecule has 0 radical (unpaired) electrons. The van der Waals surface area contributed by atoms with Crippen LogP contribution in [0.4, 0.5) is 0 Å². The van der Waals surface area contributed by atoms with E-state index >= 15 is 0 Å². The molecule has 3 heterocycles. The average Bonchev–Trinajstić information content (AvgIpc) is 2.96. The molecule has 0 aliphatic carbocycles. The highest BCUT2D eigenvalue weighted by molar-refractivity contribution is 5.94. The Hall–Kier alpha value is -1.36. The topological polar surface area (TPSA) is 61.0 Å². The van der Waals surface area contributed by atoms with E-state index in [0.717, 1.165) is 56.6 Å². The Labute approximate surface area is 132 Å². The lowest BCUT2D eigenvalue weighted by atomic mass is 9.94. The molecule has 1 fully saturated rings. The highest BCUT2D eigenvalue weighted by Crippen LogP contribution is 2.26. The number of aromatic amines is 1. The van der Waals surface area contributed by atoms with Crippen molar-refractivity contribution in [2.24, 2.45) is 5.92 Å². The van der Waals surface area contributed by atoms with Crippen molar-refractivity contribution in [2.75, 3.05) is 13.1 Å². The van der Waals surface area contributed by atoms with Gasteiger partial charge < -0.3 is 10.2 Å². The van der Waals surface area contributed by atoms with Crippen LogP contribution in [0.3, 0.4) is 0 Å². The number of piperidine rings is 1. The Kier molecular flexibility index (Phi) is 4.81. The average molecular weight is 304 g/mol. The first kappa shape index (κ1) is 15.5. The van der Waals surface area contributed by atoms with Gasteiger partial charge in [-0.15, -0.1) is 0 Å². The van der Waals surface area contributed by atoms with Crippen LogP contribution in [0.1, 0.15) is 67.7 Å². The minimum absolute atomic E-state index is 0.134. The molecule has 0 saturated carbocycles. The van der Waals surface area contributed by atoms with Gasteiger partial charge in [-0.1, -0.05) is 13.8 Å². The van der Waals surface area contributed by atoms with Crippen molar-refractivity contribution in [3.8, 4) is 0 Å². The van der Waals surface area contributed by atoms with E-state index in [0.29, 0.717) is 17.7 Å². The number of aromatic nitrogens is 2. The maximum atomic E-state index is 13.0. The number of nitrogens with zero attached hydrogens (tertiary/aromatic N) is 2. The summed E-state index contributed by atoms with van der Waals surface area (Å²) in [4.78, 5) is 15.1.